The fourth-order valence-corrected chi connectivity index (χ4v) is 4.06. The number of rotatable bonds is 3. The zero-order chi connectivity index (χ0) is 19.2. The van der Waals surface area contributed by atoms with Crippen LogP contribution >= 0.6 is 0 Å². The highest BCUT2D eigenvalue weighted by atomic mass is 16.2. The number of aromatic nitrogens is 4. The molecule has 6 heteroatoms. The summed E-state index contributed by atoms with van der Waals surface area (Å²) in [6, 6.07) is 6.63. The maximum absolute atomic E-state index is 12.7. The van der Waals surface area contributed by atoms with E-state index in [1.54, 1.807) is 0 Å². The maximum Gasteiger partial charge on any atom is 0.228 e. The largest absolute Gasteiger partial charge is 0.339 e. The molecule has 2 aromatic heterocycles. The summed E-state index contributed by atoms with van der Waals surface area (Å²) in [5.41, 5.74) is 3.97. The zero-order valence-corrected chi connectivity index (χ0v) is 16.4. The number of amides is 1. The summed E-state index contributed by atoms with van der Waals surface area (Å²) in [7, 11) is 0. The average Bonchev–Trinajstić information content (AvgIpc) is 3.34. The number of carbonyl (C=O) groups excluding carboxylic acids is 1. The van der Waals surface area contributed by atoms with Crippen molar-refractivity contribution in [2.24, 2.45) is 11.3 Å². The lowest BCUT2D eigenvalue weighted by atomic mass is 9.94. The Hall–Kier alpha value is -2.63. The minimum absolute atomic E-state index is 0.248. The van der Waals surface area contributed by atoms with E-state index >= 15 is 0 Å². The molecule has 1 aliphatic rings. The van der Waals surface area contributed by atoms with Crippen molar-refractivity contribution in [3.05, 3.63) is 36.9 Å². The first-order valence-electron chi connectivity index (χ1n) is 9.58. The first-order chi connectivity index (χ1) is 12.8. The molecule has 0 aliphatic carbocycles. The predicted octanol–water partition coefficient (Wildman–Crippen LogP) is 3.71. The van der Waals surface area contributed by atoms with Crippen molar-refractivity contribution in [3.63, 3.8) is 0 Å². The summed E-state index contributed by atoms with van der Waals surface area (Å²) in [5.74, 6) is 0.704. The molecule has 3 aromatic rings. The van der Waals surface area contributed by atoms with Crippen molar-refractivity contribution in [3.8, 4) is 11.1 Å². The van der Waals surface area contributed by atoms with Crippen LogP contribution in [0.2, 0.25) is 0 Å². The van der Waals surface area contributed by atoms with Gasteiger partial charge in [0.1, 0.15) is 0 Å². The summed E-state index contributed by atoms with van der Waals surface area (Å²) in [5, 5.41) is 6.86. The van der Waals surface area contributed by atoms with Gasteiger partial charge in [0.25, 0.3) is 0 Å². The lowest BCUT2D eigenvalue weighted by Gasteiger charge is -2.29. The van der Waals surface area contributed by atoms with Crippen molar-refractivity contribution < 1.29 is 4.79 Å². The van der Waals surface area contributed by atoms with Crippen molar-refractivity contribution >= 4 is 16.9 Å². The van der Waals surface area contributed by atoms with E-state index in [9.17, 15) is 4.79 Å². The van der Waals surface area contributed by atoms with E-state index in [2.05, 4.69) is 49.8 Å². The molecule has 1 saturated heterocycles. The average molecular weight is 365 g/mol. The van der Waals surface area contributed by atoms with Crippen LogP contribution in [-0.4, -0.2) is 43.1 Å². The molecule has 4 rings (SSSR count). The predicted molar refractivity (Wildman–Crippen MR) is 106 cm³/mol. The van der Waals surface area contributed by atoms with Gasteiger partial charge in [-0.1, -0.05) is 26.8 Å². The molecule has 2 atom stereocenters. The number of hydrogen-bond donors (Lipinski definition) is 1. The van der Waals surface area contributed by atoms with Gasteiger partial charge in [-0.05, 0) is 37.0 Å². The third kappa shape index (κ3) is 3.36. The first-order valence-corrected chi connectivity index (χ1v) is 9.58. The fraction of sp³-hybridized carbons (Fsp3) is 0.476. The highest BCUT2D eigenvalue weighted by molar-refractivity contribution is 5.82. The number of fused-ring (bicyclic) bond motifs is 1. The van der Waals surface area contributed by atoms with E-state index < -0.39 is 0 Å². The number of benzene rings is 1. The Kier molecular flexibility index (Phi) is 4.29. The minimum atomic E-state index is -0.325. The molecule has 1 aromatic carbocycles. The molecular weight excluding hydrogens is 338 g/mol. The monoisotopic (exact) mass is 365 g/mol. The van der Waals surface area contributed by atoms with E-state index in [0.29, 0.717) is 12.0 Å². The van der Waals surface area contributed by atoms with E-state index in [4.69, 9.17) is 0 Å². The Morgan fingerprint density at radius 2 is 2.11 bits per heavy atom. The number of nitrogens with one attached hydrogen (secondary N) is 1. The van der Waals surface area contributed by atoms with Crippen LogP contribution < -0.4 is 0 Å². The molecule has 1 N–H and O–H groups in total. The number of hydrogen-bond acceptors (Lipinski definition) is 3. The van der Waals surface area contributed by atoms with Gasteiger partial charge in [0.05, 0.1) is 23.6 Å². The highest BCUT2D eigenvalue weighted by Crippen LogP contribution is 2.30. The first kappa shape index (κ1) is 17.8. The van der Waals surface area contributed by atoms with Crippen LogP contribution in [0.15, 0.2) is 36.9 Å². The van der Waals surface area contributed by atoms with E-state index in [1.165, 1.54) is 0 Å². The van der Waals surface area contributed by atoms with Gasteiger partial charge in [0, 0.05) is 36.3 Å². The molecule has 1 amide bonds. The Balaban J connectivity index is 1.52. The second kappa shape index (κ2) is 6.51. The van der Waals surface area contributed by atoms with E-state index in [0.717, 1.165) is 41.7 Å². The SMILES string of the molecule is C[C@H]1C[C@@H](Cn2cnc3cc(-c4cn[nH]c4)ccc32)CN1C(=O)C(C)(C)C. The van der Waals surface area contributed by atoms with Crippen LogP contribution in [0.5, 0.6) is 0 Å². The number of nitrogens with zero attached hydrogens (tertiary/aromatic N) is 4. The van der Waals surface area contributed by atoms with Gasteiger partial charge in [-0.3, -0.25) is 9.89 Å². The number of likely N-dealkylation sites (tertiary alicyclic amines) is 1. The number of aromatic amines is 1. The summed E-state index contributed by atoms with van der Waals surface area (Å²) >= 11 is 0. The summed E-state index contributed by atoms with van der Waals surface area (Å²) in [6.07, 6.45) is 6.66. The molecule has 0 spiro atoms. The summed E-state index contributed by atoms with van der Waals surface area (Å²) in [4.78, 5) is 19.3. The zero-order valence-electron chi connectivity index (χ0n) is 16.4. The van der Waals surface area contributed by atoms with Crippen LogP contribution in [-0.2, 0) is 11.3 Å². The lowest BCUT2D eigenvalue weighted by molar-refractivity contribution is -0.140. The van der Waals surface area contributed by atoms with Gasteiger partial charge in [-0.15, -0.1) is 0 Å². The standard InChI is InChI=1S/C21H27N5O/c1-14-7-15(12-26(14)20(27)21(2,3)4)11-25-13-22-18-8-16(5-6-19(18)25)17-9-23-24-10-17/h5-6,8-10,13-15H,7,11-12H2,1-4H3,(H,23,24)/t14-,15-/m0/s1. The molecule has 1 aliphatic heterocycles. The molecule has 27 heavy (non-hydrogen) atoms. The highest BCUT2D eigenvalue weighted by Gasteiger charge is 2.37. The molecule has 0 bridgehead atoms. The minimum Gasteiger partial charge on any atom is -0.339 e. The maximum atomic E-state index is 12.7. The van der Waals surface area contributed by atoms with E-state index in [-0.39, 0.29) is 11.3 Å². The molecule has 6 nitrogen and oxygen atoms in total. The van der Waals surface area contributed by atoms with Crippen molar-refractivity contribution in [2.45, 2.75) is 46.7 Å². The van der Waals surface area contributed by atoms with Gasteiger partial charge < -0.3 is 9.47 Å². The van der Waals surface area contributed by atoms with Gasteiger partial charge in [0.15, 0.2) is 0 Å². The lowest BCUT2D eigenvalue weighted by Crippen LogP contribution is -2.41. The van der Waals surface area contributed by atoms with Crippen molar-refractivity contribution in [2.75, 3.05) is 6.54 Å². The Bertz CT molecular complexity index is 951. The smallest absolute Gasteiger partial charge is 0.228 e. The van der Waals surface area contributed by atoms with Crippen LogP contribution in [0.25, 0.3) is 22.2 Å². The summed E-state index contributed by atoms with van der Waals surface area (Å²) in [6.45, 7) is 9.86. The fourth-order valence-electron chi connectivity index (χ4n) is 4.06. The van der Waals surface area contributed by atoms with Crippen LogP contribution in [0.1, 0.15) is 34.1 Å². The molecule has 3 heterocycles. The van der Waals surface area contributed by atoms with Gasteiger partial charge in [-0.2, -0.15) is 5.10 Å². The third-order valence-electron chi connectivity index (χ3n) is 5.47. The second-order valence-electron chi connectivity index (χ2n) is 8.75. The van der Waals surface area contributed by atoms with Gasteiger partial charge in [-0.25, -0.2) is 4.98 Å². The van der Waals surface area contributed by atoms with Crippen LogP contribution in [0, 0.1) is 11.3 Å². The third-order valence-corrected chi connectivity index (χ3v) is 5.47. The molecule has 0 saturated carbocycles. The number of carbonyl (C=O) groups is 1. The molecule has 0 radical (unpaired) electrons. The number of imidazole rings is 1. The number of H-pyrrole nitrogens is 1. The Morgan fingerprint density at radius 1 is 1.30 bits per heavy atom. The molecule has 1 fully saturated rings. The summed E-state index contributed by atoms with van der Waals surface area (Å²) < 4.78 is 2.22. The van der Waals surface area contributed by atoms with E-state index in [1.807, 2.05) is 39.5 Å². The molecule has 142 valence electrons. The normalized spacial score (nSPS) is 20.5. The van der Waals surface area contributed by atoms with Crippen LogP contribution in [0.3, 0.4) is 0 Å². The van der Waals surface area contributed by atoms with Crippen molar-refractivity contribution in [1.82, 2.24) is 24.6 Å². The van der Waals surface area contributed by atoms with Gasteiger partial charge in [0.2, 0.25) is 5.91 Å². The molecular formula is C21H27N5O. The Morgan fingerprint density at radius 3 is 2.81 bits per heavy atom. The van der Waals surface area contributed by atoms with Crippen LogP contribution in [0.4, 0.5) is 0 Å². The topological polar surface area (TPSA) is 66.8 Å². The Labute approximate surface area is 159 Å². The molecule has 0 unspecified atom stereocenters. The van der Waals surface area contributed by atoms with Crippen molar-refractivity contribution in [1.29, 1.82) is 0 Å². The second-order valence-corrected chi connectivity index (χ2v) is 8.75. The van der Waals surface area contributed by atoms with Gasteiger partial charge >= 0.3 is 0 Å². The quantitative estimate of drug-likeness (QED) is 0.769.